The second kappa shape index (κ2) is 11.0. The van der Waals surface area contributed by atoms with Gasteiger partial charge in [-0.05, 0) is 22.3 Å². The Hall–Kier alpha value is -3.28. The Labute approximate surface area is 207 Å². The molecule has 4 aromatic rings. The molecular formula is C31H32N2O2. The van der Waals surface area contributed by atoms with Crippen LogP contribution in [0, 0.1) is 0 Å². The molecule has 2 unspecified atom stereocenters. The molecule has 5 rings (SSSR count). The van der Waals surface area contributed by atoms with Crippen molar-refractivity contribution in [3.05, 3.63) is 144 Å². The van der Waals surface area contributed by atoms with Crippen molar-refractivity contribution in [1.29, 1.82) is 0 Å². The second-order valence-electron chi connectivity index (χ2n) is 9.10. The Bertz CT molecular complexity index is 1080. The zero-order valence-electron chi connectivity index (χ0n) is 19.8. The molecule has 2 N–H and O–H groups in total. The van der Waals surface area contributed by atoms with E-state index in [0.29, 0.717) is 6.67 Å². The first-order valence-electron chi connectivity index (χ1n) is 12.2. The molecule has 0 radical (unpaired) electrons. The number of hydrogen-bond acceptors (Lipinski definition) is 4. The van der Waals surface area contributed by atoms with Crippen LogP contribution >= 0.6 is 0 Å². The van der Waals surface area contributed by atoms with Crippen LogP contribution in [0.5, 0.6) is 0 Å². The fraction of sp³-hybridized carbons (Fsp3) is 0.226. The van der Waals surface area contributed by atoms with Crippen LogP contribution in [-0.2, 0) is 0 Å². The summed E-state index contributed by atoms with van der Waals surface area (Å²) in [5, 5.41) is 21.3. The maximum absolute atomic E-state index is 10.7. The quantitative estimate of drug-likeness (QED) is 0.361. The highest BCUT2D eigenvalue weighted by Gasteiger charge is 2.47. The van der Waals surface area contributed by atoms with E-state index in [-0.39, 0.29) is 37.4 Å². The average molecular weight is 465 g/mol. The number of aliphatic hydroxyl groups excluding tert-OH is 2. The Morgan fingerprint density at radius 3 is 1.14 bits per heavy atom. The van der Waals surface area contributed by atoms with E-state index in [1.165, 1.54) is 11.1 Å². The van der Waals surface area contributed by atoms with Gasteiger partial charge in [0, 0.05) is 0 Å². The first-order valence-corrected chi connectivity index (χ1v) is 12.2. The van der Waals surface area contributed by atoms with Gasteiger partial charge in [-0.1, -0.05) is 121 Å². The van der Waals surface area contributed by atoms with Gasteiger partial charge >= 0.3 is 0 Å². The lowest BCUT2D eigenvalue weighted by molar-refractivity contribution is 0.0768. The van der Waals surface area contributed by atoms with Gasteiger partial charge in [0.1, 0.15) is 0 Å². The summed E-state index contributed by atoms with van der Waals surface area (Å²) in [6.07, 6.45) is 0. The molecule has 0 aliphatic carbocycles. The Morgan fingerprint density at radius 1 is 0.514 bits per heavy atom. The Balaban J connectivity index is 1.67. The minimum Gasteiger partial charge on any atom is -0.394 e. The van der Waals surface area contributed by atoms with Crippen molar-refractivity contribution in [2.24, 2.45) is 0 Å². The summed E-state index contributed by atoms with van der Waals surface area (Å²) in [5.74, 6) is 0. The van der Waals surface area contributed by atoms with Gasteiger partial charge in [-0.2, -0.15) is 0 Å². The molecule has 4 aromatic carbocycles. The standard InChI is InChI=1S/C31H32N2O2/c34-21-28(24-13-5-1-6-14-24)32-23-33(29(22-35)25-15-7-2-8-16-25)31(27-19-11-4-12-20-27)30(32)26-17-9-3-10-18-26/h1-20,28-31,34-35H,21-23H2/t28-,29-,30?,31?/m0/s1. The second-order valence-corrected chi connectivity index (χ2v) is 9.10. The summed E-state index contributed by atoms with van der Waals surface area (Å²) >= 11 is 0. The van der Waals surface area contributed by atoms with Gasteiger partial charge in [0.05, 0.1) is 44.0 Å². The summed E-state index contributed by atoms with van der Waals surface area (Å²) in [6, 6.07) is 41.2. The largest absolute Gasteiger partial charge is 0.394 e. The van der Waals surface area contributed by atoms with E-state index in [1.807, 2.05) is 48.5 Å². The van der Waals surface area contributed by atoms with Gasteiger partial charge in [-0.25, -0.2) is 0 Å². The fourth-order valence-electron chi connectivity index (χ4n) is 5.51. The zero-order chi connectivity index (χ0) is 24.0. The first-order chi connectivity index (χ1) is 17.3. The topological polar surface area (TPSA) is 46.9 Å². The number of nitrogens with zero attached hydrogens (tertiary/aromatic N) is 2. The van der Waals surface area contributed by atoms with E-state index in [2.05, 4.69) is 82.6 Å². The van der Waals surface area contributed by atoms with Crippen molar-refractivity contribution in [2.45, 2.75) is 24.2 Å². The van der Waals surface area contributed by atoms with Crippen LogP contribution in [-0.4, -0.2) is 39.9 Å². The SMILES string of the molecule is OC[C@@H](c1ccccc1)N1CN([C@@H](CO)c2ccccc2)C(c2ccccc2)C1c1ccccc1. The molecule has 1 heterocycles. The molecule has 1 aliphatic rings. The number of rotatable bonds is 8. The molecule has 4 heteroatoms. The van der Waals surface area contributed by atoms with Crippen molar-refractivity contribution < 1.29 is 10.2 Å². The Morgan fingerprint density at radius 2 is 0.829 bits per heavy atom. The molecule has 35 heavy (non-hydrogen) atoms. The first kappa shape index (κ1) is 23.5. The van der Waals surface area contributed by atoms with E-state index < -0.39 is 0 Å². The van der Waals surface area contributed by atoms with Gasteiger partial charge in [-0.15, -0.1) is 0 Å². The zero-order valence-corrected chi connectivity index (χ0v) is 19.8. The molecule has 178 valence electrons. The summed E-state index contributed by atoms with van der Waals surface area (Å²) in [5.41, 5.74) is 4.57. The van der Waals surface area contributed by atoms with Gasteiger partial charge in [0.25, 0.3) is 0 Å². The third kappa shape index (κ3) is 4.79. The maximum atomic E-state index is 10.7. The molecule has 4 atom stereocenters. The molecule has 0 bridgehead atoms. The smallest absolute Gasteiger partial charge is 0.0629 e. The number of benzene rings is 4. The summed E-state index contributed by atoms with van der Waals surface area (Å²) < 4.78 is 0. The van der Waals surface area contributed by atoms with E-state index in [1.54, 1.807) is 0 Å². The normalized spacial score (nSPS) is 20.5. The Kier molecular flexibility index (Phi) is 7.36. The van der Waals surface area contributed by atoms with Crippen molar-refractivity contribution in [1.82, 2.24) is 9.80 Å². The predicted octanol–water partition coefficient (Wildman–Crippen LogP) is 5.51. The third-order valence-corrected chi connectivity index (χ3v) is 7.14. The maximum Gasteiger partial charge on any atom is 0.0629 e. The lowest BCUT2D eigenvalue weighted by Gasteiger charge is -2.34. The molecule has 1 fully saturated rings. The molecule has 0 spiro atoms. The van der Waals surface area contributed by atoms with Crippen LogP contribution in [0.3, 0.4) is 0 Å². The molecule has 4 nitrogen and oxygen atoms in total. The van der Waals surface area contributed by atoms with Crippen LogP contribution in [0.4, 0.5) is 0 Å². The lowest BCUT2D eigenvalue weighted by atomic mass is 9.90. The molecule has 0 aromatic heterocycles. The van der Waals surface area contributed by atoms with Crippen molar-refractivity contribution in [3.63, 3.8) is 0 Å². The summed E-state index contributed by atoms with van der Waals surface area (Å²) in [7, 11) is 0. The van der Waals surface area contributed by atoms with E-state index in [4.69, 9.17) is 0 Å². The summed E-state index contributed by atoms with van der Waals surface area (Å²) in [4.78, 5) is 4.79. The monoisotopic (exact) mass is 464 g/mol. The average Bonchev–Trinajstić information content (AvgIpc) is 3.31. The van der Waals surface area contributed by atoms with Gasteiger partial charge < -0.3 is 10.2 Å². The third-order valence-electron chi connectivity index (χ3n) is 7.14. The van der Waals surface area contributed by atoms with Crippen LogP contribution in [0.25, 0.3) is 0 Å². The molecular weight excluding hydrogens is 432 g/mol. The van der Waals surface area contributed by atoms with Crippen molar-refractivity contribution in [3.8, 4) is 0 Å². The van der Waals surface area contributed by atoms with E-state index in [9.17, 15) is 10.2 Å². The highest BCUT2D eigenvalue weighted by Crippen LogP contribution is 2.50. The number of hydrogen-bond donors (Lipinski definition) is 2. The number of aliphatic hydroxyl groups is 2. The fourth-order valence-corrected chi connectivity index (χ4v) is 5.51. The van der Waals surface area contributed by atoms with Crippen LogP contribution in [0.15, 0.2) is 121 Å². The van der Waals surface area contributed by atoms with Crippen LogP contribution in [0.1, 0.15) is 46.4 Å². The van der Waals surface area contributed by atoms with Crippen LogP contribution in [0.2, 0.25) is 0 Å². The van der Waals surface area contributed by atoms with Crippen LogP contribution < -0.4 is 0 Å². The highest BCUT2D eigenvalue weighted by atomic mass is 16.3. The van der Waals surface area contributed by atoms with Gasteiger partial charge in [0.15, 0.2) is 0 Å². The molecule has 0 saturated carbocycles. The molecule has 1 aliphatic heterocycles. The lowest BCUT2D eigenvalue weighted by Crippen LogP contribution is -2.35. The summed E-state index contributed by atoms with van der Waals surface area (Å²) in [6.45, 7) is 0.634. The minimum atomic E-state index is -0.173. The highest BCUT2D eigenvalue weighted by molar-refractivity contribution is 5.33. The van der Waals surface area contributed by atoms with Gasteiger partial charge in [-0.3, -0.25) is 9.80 Å². The van der Waals surface area contributed by atoms with Gasteiger partial charge in [0.2, 0.25) is 0 Å². The minimum absolute atomic E-state index is 0.00582. The van der Waals surface area contributed by atoms with Crippen molar-refractivity contribution >= 4 is 0 Å². The van der Waals surface area contributed by atoms with E-state index in [0.717, 1.165) is 11.1 Å². The molecule has 0 amide bonds. The predicted molar refractivity (Wildman–Crippen MR) is 139 cm³/mol. The van der Waals surface area contributed by atoms with E-state index >= 15 is 0 Å². The molecule has 1 saturated heterocycles. The van der Waals surface area contributed by atoms with Crippen molar-refractivity contribution in [2.75, 3.05) is 19.9 Å².